The van der Waals surface area contributed by atoms with Gasteiger partial charge >= 0.3 is 0 Å². The third-order valence-electron chi connectivity index (χ3n) is 3.27. The molecule has 1 aromatic rings. The van der Waals surface area contributed by atoms with E-state index in [1.54, 1.807) is 31.2 Å². The average Bonchev–Trinajstić information content (AvgIpc) is 2.51. The Hall–Kier alpha value is -2.12. The molecule has 2 amide bonds. The molecule has 0 heterocycles. The van der Waals surface area contributed by atoms with Crippen LogP contribution in [-0.4, -0.2) is 47.3 Å². The van der Waals surface area contributed by atoms with Gasteiger partial charge in [0, 0.05) is 11.3 Å². The average molecular weight is 295 g/mol. The van der Waals surface area contributed by atoms with Gasteiger partial charge in [0.1, 0.15) is 0 Å². The van der Waals surface area contributed by atoms with Crippen LogP contribution in [0.3, 0.4) is 0 Å². The zero-order chi connectivity index (χ0) is 15.9. The number of nitrogens with one attached hydrogen (secondary N) is 2. The molecule has 7 heteroatoms. The van der Waals surface area contributed by atoms with E-state index in [4.69, 9.17) is 5.73 Å². The summed E-state index contributed by atoms with van der Waals surface area (Å²) >= 11 is 0. The highest BCUT2D eigenvalue weighted by Gasteiger charge is 2.28. The predicted octanol–water partition coefficient (Wildman–Crippen LogP) is -0.752. The Balaban J connectivity index is 2.53. The van der Waals surface area contributed by atoms with Gasteiger partial charge in [0.2, 0.25) is 5.91 Å². The van der Waals surface area contributed by atoms with Gasteiger partial charge in [0.15, 0.2) is 0 Å². The molecule has 0 aliphatic carbocycles. The Morgan fingerprint density at radius 3 is 2.24 bits per heavy atom. The second-order valence-electron chi connectivity index (χ2n) is 4.80. The minimum absolute atomic E-state index is 0.245. The molecule has 0 fully saturated rings. The fraction of sp³-hybridized carbons (Fsp3) is 0.429. The lowest BCUT2D eigenvalue weighted by molar-refractivity contribution is -0.123. The van der Waals surface area contributed by atoms with Crippen molar-refractivity contribution in [2.75, 3.05) is 25.5 Å². The van der Waals surface area contributed by atoms with E-state index in [0.717, 1.165) is 0 Å². The number of hydrogen-bond acceptors (Lipinski definition) is 5. The van der Waals surface area contributed by atoms with E-state index < -0.39 is 17.4 Å². The number of rotatable bonds is 7. The molecule has 0 bridgehead atoms. The lowest BCUT2D eigenvalue weighted by Gasteiger charge is -2.29. The number of anilines is 1. The van der Waals surface area contributed by atoms with E-state index in [2.05, 4.69) is 10.6 Å². The molecule has 0 saturated carbocycles. The van der Waals surface area contributed by atoms with E-state index in [1.165, 1.54) is 0 Å². The SMILES string of the molecule is CCC(CO)(CO)NC(=O)CNC(=O)c1ccc(N)cc1. The van der Waals surface area contributed by atoms with Crippen LogP contribution < -0.4 is 16.4 Å². The van der Waals surface area contributed by atoms with Gasteiger partial charge in [-0.15, -0.1) is 0 Å². The summed E-state index contributed by atoms with van der Waals surface area (Å²) in [7, 11) is 0. The van der Waals surface area contributed by atoms with E-state index in [0.29, 0.717) is 17.7 Å². The van der Waals surface area contributed by atoms with Crippen molar-refractivity contribution < 1.29 is 19.8 Å². The maximum absolute atomic E-state index is 11.8. The quantitative estimate of drug-likeness (QED) is 0.423. The second kappa shape index (κ2) is 7.61. The second-order valence-corrected chi connectivity index (χ2v) is 4.80. The van der Waals surface area contributed by atoms with Crippen molar-refractivity contribution in [3.05, 3.63) is 29.8 Å². The number of aliphatic hydroxyl groups is 2. The molecule has 0 radical (unpaired) electrons. The summed E-state index contributed by atoms with van der Waals surface area (Å²) in [4.78, 5) is 23.6. The largest absolute Gasteiger partial charge is 0.399 e. The van der Waals surface area contributed by atoms with Crippen molar-refractivity contribution in [2.24, 2.45) is 0 Å². The number of benzene rings is 1. The van der Waals surface area contributed by atoms with Crippen molar-refractivity contribution in [1.29, 1.82) is 0 Å². The Morgan fingerprint density at radius 2 is 1.76 bits per heavy atom. The molecule has 0 aliphatic heterocycles. The van der Waals surface area contributed by atoms with Gasteiger partial charge < -0.3 is 26.6 Å². The first-order chi connectivity index (χ1) is 9.96. The van der Waals surface area contributed by atoms with E-state index in [1.807, 2.05) is 0 Å². The molecule has 6 N–H and O–H groups in total. The van der Waals surface area contributed by atoms with E-state index in [-0.39, 0.29) is 19.8 Å². The number of hydrogen-bond donors (Lipinski definition) is 5. The first kappa shape index (κ1) is 16.9. The minimum Gasteiger partial charge on any atom is -0.399 e. The zero-order valence-electron chi connectivity index (χ0n) is 11.9. The van der Waals surface area contributed by atoms with Crippen molar-refractivity contribution >= 4 is 17.5 Å². The van der Waals surface area contributed by atoms with Crippen molar-refractivity contribution in [3.8, 4) is 0 Å². The maximum Gasteiger partial charge on any atom is 0.251 e. The fourth-order valence-corrected chi connectivity index (χ4v) is 1.68. The van der Waals surface area contributed by atoms with Crippen LogP contribution in [0, 0.1) is 0 Å². The van der Waals surface area contributed by atoms with Gasteiger partial charge in [0.25, 0.3) is 5.91 Å². The van der Waals surface area contributed by atoms with E-state index in [9.17, 15) is 19.8 Å². The number of nitrogens with two attached hydrogens (primary N) is 1. The van der Waals surface area contributed by atoms with Crippen LogP contribution in [0.5, 0.6) is 0 Å². The van der Waals surface area contributed by atoms with Crippen LogP contribution in [0.15, 0.2) is 24.3 Å². The Labute approximate surface area is 123 Å². The lowest BCUT2D eigenvalue weighted by Crippen LogP contribution is -2.55. The number of nitrogen functional groups attached to an aromatic ring is 1. The molecular weight excluding hydrogens is 274 g/mol. The monoisotopic (exact) mass is 295 g/mol. The van der Waals surface area contributed by atoms with Crippen LogP contribution in [0.25, 0.3) is 0 Å². The van der Waals surface area contributed by atoms with Crippen LogP contribution in [0.1, 0.15) is 23.7 Å². The molecule has 0 aromatic heterocycles. The van der Waals surface area contributed by atoms with Gasteiger partial charge in [-0.2, -0.15) is 0 Å². The van der Waals surface area contributed by atoms with Crippen LogP contribution in [0.2, 0.25) is 0 Å². The molecule has 0 saturated heterocycles. The molecule has 116 valence electrons. The molecule has 7 nitrogen and oxygen atoms in total. The van der Waals surface area contributed by atoms with Crippen LogP contribution >= 0.6 is 0 Å². The molecule has 0 atom stereocenters. The Bertz CT molecular complexity index is 475. The molecule has 0 spiro atoms. The predicted molar refractivity (Wildman–Crippen MR) is 78.5 cm³/mol. The topological polar surface area (TPSA) is 125 Å². The lowest BCUT2D eigenvalue weighted by atomic mass is 9.98. The van der Waals surface area contributed by atoms with Crippen molar-refractivity contribution in [3.63, 3.8) is 0 Å². The first-order valence-electron chi connectivity index (χ1n) is 6.63. The number of carbonyl (C=O) groups is 2. The highest BCUT2D eigenvalue weighted by Crippen LogP contribution is 2.08. The van der Waals surface area contributed by atoms with E-state index >= 15 is 0 Å². The van der Waals surface area contributed by atoms with Gasteiger partial charge in [-0.3, -0.25) is 9.59 Å². The van der Waals surface area contributed by atoms with Crippen molar-refractivity contribution in [1.82, 2.24) is 10.6 Å². The Morgan fingerprint density at radius 1 is 1.19 bits per heavy atom. The van der Waals surface area contributed by atoms with Crippen LogP contribution in [0.4, 0.5) is 5.69 Å². The van der Waals surface area contributed by atoms with Gasteiger partial charge in [-0.25, -0.2) is 0 Å². The first-order valence-corrected chi connectivity index (χ1v) is 6.63. The molecule has 0 aliphatic rings. The number of amides is 2. The molecule has 1 aromatic carbocycles. The van der Waals surface area contributed by atoms with Crippen molar-refractivity contribution in [2.45, 2.75) is 18.9 Å². The zero-order valence-corrected chi connectivity index (χ0v) is 11.9. The van der Waals surface area contributed by atoms with Gasteiger partial charge in [-0.05, 0) is 30.7 Å². The molecule has 0 unspecified atom stereocenters. The highest BCUT2D eigenvalue weighted by molar-refractivity contribution is 5.96. The molecule has 21 heavy (non-hydrogen) atoms. The Kier molecular flexibility index (Phi) is 6.13. The molecular formula is C14H21N3O4. The maximum atomic E-state index is 11.8. The summed E-state index contributed by atoms with van der Waals surface area (Å²) in [5, 5.41) is 23.4. The third-order valence-corrected chi connectivity index (χ3v) is 3.27. The summed E-state index contributed by atoms with van der Waals surface area (Å²) in [6.07, 6.45) is 0.373. The number of carbonyl (C=O) groups excluding carboxylic acids is 2. The van der Waals surface area contributed by atoms with Crippen LogP contribution in [-0.2, 0) is 4.79 Å². The summed E-state index contributed by atoms with van der Waals surface area (Å²) < 4.78 is 0. The van der Waals surface area contributed by atoms with Gasteiger partial charge in [-0.1, -0.05) is 6.92 Å². The third kappa shape index (κ3) is 4.73. The summed E-state index contributed by atoms with van der Waals surface area (Å²) in [5.74, 6) is -0.885. The summed E-state index contributed by atoms with van der Waals surface area (Å²) in [5.41, 5.74) is 5.39. The fourth-order valence-electron chi connectivity index (χ4n) is 1.68. The molecule has 1 rings (SSSR count). The smallest absolute Gasteiger partial charge is 0.251 e. The standard InChI is InChI=1S/C14H21N3O4/c1-2-14(8-18,9-19)17-12(20)7-16-13(21)10-3-5-11(15)6-4-10/h3-6,18-19H,2,7-9,15H2,1H3,(H,16,21)(H,17,20). The summed E-state index contributed by atoms with van der Waals surface area (Å²) in [6.45, 7) is 0.736. The minimum atomic E-state index is -1.07. The number of aliphatic hydroxyl groups excluding tert-OH is 2. The summed E-state index contributed by atoms with van der Waals surface area (Å²) in [6, 6.07) is 6.30. The normalized spacial score (nSPS) is 11.0. The highest BCUT2D eigenvalue weighted by atomic mass is 16.3. The van der Waals surface area contributed by atoms with Gasteiger partial charge in [0.05, 0.1) is 25.3 Å².